The molecule has 0 saturated heterocycles. The fraction of sp³-hybridized carbons (Fsp3) is 0.154. The Bertz CT molecular complexity index is 421. The molecule has 0 unspecified atom stereocenters. The molecule has 0 spiro atoms. The van der Waals surface area contributed by atoms with Crippen LogP contribution in [0.4, 0.5) is 0 Å². The van der Waals surface area contributed by atoms with Crippen molar-refractivity contribution in [3.8, 4) is 0 Å². The van der Waals surface area contributed by atoms with Gasteiger partial charge in [0.2, 0.25) is 5.78 Å². The number of allylic oxidation sites excluding steroid dienone is 5. The molecule has 1 rings (SSSR count). The molecule has 0 aliphatic carbocycles. The summed E-state index contributed by atoms with van der Waals surface area (Å²) < 4.78 is 0. The van der Waals surface area contributed by atoms with E-state index in [1.54, 1.807) is 6.08 Å². The molecule has 0 aliphatic heterocycles. The average molecular weight is 218 g/mol. The highest BCUT2D eigenvalue weighted by molar-refractivity contribution is 7.14. The van der Waals surface area contributed by atoms with Crippen molar-refractivity contribution in [1.82, 2.24) is 0 Å². The molecule has 1 aromatic rings. The van der Waals surface area contributed by atoms with Crippen LogP contribution in [-0.4, -0.2) is 5.78 Å². The van der Waals surface area contributed by atoms with Crippen molar-refractivity contribution in [1.29, 1.82) is 0 Å². The highest BCUT2D eigenvalue weighted by Crippen LogP contribution is 2.18. The van der Waals surface area contributed by atoms with Gasteiger partial charge < -0.3 is 0 Å². The van der Waals surface area contributed by atoms with Gasteiger partial charge in [-0.3, -0.25) is 4.79 Å². The minimum atomic E-state index is 0.00820. The van der Waals surface area contributed by atoms with Gasteiger partial charge in [-0.25, -0.2) is 0 Å². The maximum absolute atomic E-state index is 11.8. The molecule has 2 heteroatoms. The second kappa shape index (κ2) is 5.47. The summed E-state index contributed by atoms with van der Waals surface area (Å²) in [6.07, 6.45) is 7.33. The maximum Gasteiger partial charge on any atom is 0.202 e. The van der Waals surface area contributed by atoms with E-state index in [4.69, 9.17) is 0 Å². The number of Topliss-reactive ketones (excluding diaryl/α,β-unsaturated/α-hetero) is 1. The van der Waals surface area contributed by atoms with Crippen LogP contribution in [0, 0.1) is 6.92 Å². The molecule has 78 valence electrons. The molecular formula is C13H14OS. The molecule has 0 aliphatic rings. The lowest BCUT2D eigenvalue weighted by Gasteiger charge is -1.94. The zero-order valence-electron chi connectivity index (χ0n) is 8.99. The van der Waals surface area contributed by atoms with Gasteiger partial charge in [0.1, 0.15) is 0 Å². The Morgan fingerprint density at radius 2 is 2.13 bits per heavy atom. The normalized spacial score (nSPS) is 11.3. The summed E-state index contributed by atoms with van der Waals surface area (Å²) in [5.74, 6) is 0.00820. The van der Waals surface area contributed by atoms with Crippen LogP contribution in [0.15, 0.2) is 48.6 Å². The Balaban J connectivity index is 2.73. The highest BCUT2D eigenvalue weighted by atomic mass is 32.1. The Kier molecular flexibility index (Phi) is 4.25. The van der Waals surface area contributed by atoms with Crippen LogP contribution in [0.2, 0.25) is 0 Å². The van der Waals surface area contributed by atoms with Crippen molar-refractivity contribution in [3.63, 3.8) is 0 Å². The number of rotatable bonds is 4. The number of thiophene rings is 1. The van der Waals surface area contributed by atoms with Crippen LogP contribution >= 0.6 is 11.3 Å². The molecule has 15 heavy (non-hydrogen) atoms. The van der Waals surface area contributed by atoms with Gasteiger partial charge in [0.25, 0.3) is 0 Å². The van der Waals surface area contributed by atoms with Crippen LogP contribution < -0.4 is 0 Å². The minimum Gasteiger partial charge on any atom is -0.288 e. The number of aryl methyl sites for hydroxylation is 1. The third-order valence-electron chi connectivity index (χ3n) is 1.86. The number of hydrogen-bond donors (Lipinski definition) is 0. The van der Waals surface area contributed by atoms with Crippen molar-refractivity contribution in [3.05, 3.63) is 58.3 Å². The quantitative estimate of drug-likeness (QED) is 0.425. The SMILES string of the molecule is C=C(/C=C\C=C/C)C(=O)c1ccc(C)s1. The number of hydrogen-bond acceptors (Lipinski definition) is 2. The first-order chi connectivity index (χ1) is 7.15. The highest BCUT2D eigenvalue weighted by Gasteiger charge is 2.09. The van der Waals surface area contributed by atoms with Crippen LogP contribution in [0.3, 0.4) is 0 Å². The van der Waals surface area contributed by atoms with Crippen LogP contribution in [-0.2, 0) is 0 Å². The van der Waals surface area contributed by atoms with E-state index in [9.17, 15) is 4.79 Å². The molecule has 1 nitrogen and oxygen atoms in total. The Morgan fingerprint density at radius 1 is 1.40 bits per heavy atom. The summed E-state index contributed by atoms with van der Waals surface area (Å²) in [5, 5.41) is 0. The molecule has 0 N–H and O–H groups in total. The van der Waals surface area contributed by atoms with Crippen LogP contribution in [0.1, 0.15) is 21.5 Å². The average Bonchev–Trinajstić information content (AvgIpc) is 2.64. The topological polar surface area (TPSA) is 17.1 Å². The molecule has 0 atom stereocenters. The standard InChI is InChI=1S/C13H14OS/c1-4-5-6-7-10(2)13(14)12-9-8-11(3)15-12/h4-9H,2H2,1,3H3/b5-4-,7-6-. The molecule has 0 bridgehead atoms. The fourth-order valence-corrected chi connectivity index (χ4v) is 1.92. The van der Waals surface area contributed by atoms with E-state index >= 15 is 0 Å². The predicted molar refractivity (Wildman–Crippen MR) is 66.5 cm³/mol. The summed E-state index contributed by atoms with van der Waals surface area (Å²) >= 11 is 1.50. The smallest absolute Gasteiger partial charge is 0.202 e. The van der Waals surface area contributed by atoms with E-state index in [0.29, 0.717) is 5.57 Å². The first kappa shape index (κ1) is 11.7. The van der Waals surface area contributed by atoms with E-state index in [2.05, 4.69) is 6.58 Å². The van der Waals surface area contributed by atoms with Gasteiger partial charge >= 0.3 is 0 Å². The molecule has 0 radical (unpaired) electrons. The third kappa shape index (κ3) is 3.33. The van der Waals surface area contributed by atoms with Gasteiger partial charge in [0, 0.05) is 10.5 Å². The maximum atomic E-state index is 11.8. The molecule has 0 amide bonds. The van der Waals surface area contributed by atoms with Crippen molar-refractivity contribution >= 4 is 17.1 Å². The lowest BCUT2D eigenvalue weighted by molar-refractivity contribution is 0.104. The predicted octanol–water partition coefficient (Wildman–Crippen LogP) is 3.93. The number of ketones is 1. The number of carbonyl (C=O) groups is 1. The summed E-state index contributed by atoms with van der Waals surface area (Å²) in [7, 11) is 0. The van der Waals surface area contributed by atoms with E-state index in [1.165, 1.54) is 11.3 Å². The molecule has 0 aromatic carbocycles. The van der Waals surface area contributed by atoms with Crippen molar-refractivity contribution < 1.29 is 4.79 Å². The lowest BCUT2D eigenvalue weighted by atomic mass is 10.1. The molecule has 0 saturated carbocycles. The first-order valence-corrected chi connectivity index (χ1v) is 5.56. The summed E-state index contributed by atoms with van der Waals surface area (Å²) in [6.45, 7) is 7.66. The van der Waals surface area contributed by atoms with Crippen LogP contribution in [0.5, 0.6) is 0 Å². The second-order valence-corrected chi connectivity index (χ2v) is 4.44. The monoisotopic (exact) mass is 218 g/mol. The molecule has 1 heterocycles. The Morgan fingerprint density at radius 3 is 2.67 bits per heavy atom. The van der Waals surface area contributed by atoms with E-state index in [1.807, 2.05) is 44.2 Å². The molecule has 0 fully saturated rings. The summed E-state index contributed by atoms with van der Waals surface area (Å²) in [6, 6.07) is 3.79. The van der Waals surface area contributed by atoms with Gasteiger partial charge in [0.15, 0.2) is 0 Å². The van der Waals surface area contributed by atoms with Gasteiger partial charge in [-0.1, -0.05) is 30.9 Å². The van der Waals surface area contributed by atoms with Gasteiger partial charge in [-0.2, -0.15) is 0 Å². The second-order valence-electron chi connectivity index (χ2n) is 3.15. The van der Waals surface area contributed by atoms with Crippen molar-refractivity contribution in [2.75, 3.05) is 0 Å². The first-order valence-electron chi connectivity index (χ1n) is 4.74. The molecule has 1 aromatic heterocycles. The minimum absolute atomic E-state index is 0.00820. The zero-order valence-corrected chi connectivity index (χ0v) is 9.80. The van der Waals surface area contributed by atoms with Crippen LogP contribution in [0.25, 0.3) is 0 Å². The van der Waals surface area contributed by atoms with E-state index in [0.717, 1.165) is 9.75 Å². The third-order valence-corrected chi connectivity index (χ3v) is 2.86. The Hall–Kier alpha value is -1.41. The van der Waals surface area contributed by atoms with Gasteiger partial charge in [-0.05, 0) is 26.0 Å². The number of carbonyl (C=O) groups excluding carboxylic acids is 1. The van der Waals surface area contributed by atoms with Gasteiger partial charge in [0.05, 0.1) is 4.88 Å². The molecular weight excluding hydrogens is 204 g/mol. The lowest BCUT2D eigenvalue weighted by Crippen LogP contribution is -1.96. The Labute approximate surface area is 94.4 Å². The van der Waals surface area contributed by atoms with Gasteiger partial charge in [-0.15, -0.1) is 11.3 Å². The van der Waals surface area contributed by atoms with E-state index < -0.39 is 0 Å². The zero-order chi connectivity index (χ0) is 11.3. The summed E-state index contributed by atoms with van der Waals surface area (Å²) in [5.41, 5.74) is 0.523. The summed E-state index contributed by atoms with van der Waals surface area (Å²) in [4.78, 5) is 13.7. The van der Waals surface area contributed by atoms with E-state index in [-0.39, 0.29) is 5.78 Å². The largest absolute Gasteiger partial charge is 0.288 e. The fourth-order valence-electron chi connectivity index (χ4n) is 1.07. The van der Waals surface area contributed by atoms with Crippen molar-refractivity contribution in [2.45, 2.75) is 13.8 Å². The van der Waals surface area contributed by atoms with Crippen molar-refractivity contribution in [2.24, 2.45) is 0 Å².